The van der Waals surface area contributed by atoms with Crippen LogP contribution < -0.4 is 0 Å². The van der Waals surface area contributed by atoms with Crippen molar-refractivity contribution in [3.8, 4) is 0 Å². The molecule has 0 N–H and O–H groups in total. The van der Waals surface area contributed by atoms with Crippen molar-refractivity contribution < 1.29 is 4.74 Å². The minimum atomic E-state index is 0.239. The maximum Gasteiger partial charge on any atom is 0.166 e. The van der Waals surface area contributed by atoms with Crippen molar-refractivity contribution in [2.45, 2.75) is 4.11 Å². The molecule has 2 heteroatoms. The Kier molecular flexibility index (Phi) is 1.73. The number of hydrogen-bond donors (Lipinski definition) is 0. The van der Waals surface area contributed by atoms with Crippen LogP contribution in [0.5, 0.6) is 0 Å². The third kappa shape index (κ3) is 1.51. The Balaban J connectivity index is 2.49. The minimum absolute atomic E-state index is 0.239. The van der Waals surface area contributed by atoms with E-state index in [1.807, 2.05) is 18.2 Å². The van der Waals surface area contributed by atoms with Gasteiger partial charge in [-0.1, -0.05) is 6.08 Å². The predicted octanol–water partition coefficient (Wildman–Crippen LogP) is 1.85. The van der Waals surface area contributed by atoms with Gasteiger partial charge in [-0.25, -0.2) is 0 Å². The number of ether oxygens (including phenoxy) is 1. The maximum atomic E-state index is 5.00. The number of rotatable bonds is 0. The molecule has 1 unspecified atom stereocenters. The van der Waals surface area contributed by atoms with Gasteiger partial charge >= 0.3 is 0 Å². The third-order valence-corrected chi connectivity index (χ3v) is 1.37. The van der Waals surface area contributed by atoms with Crippen LogP contribution in [0.2, 0.25) is 0 Å². The van der Waals surface area contributed by atoms with E-state index < -0.39 is 0 Å². The van der Waals surface area contributed by atoms with Crippen molar-refractivity contribution in [1.82, 2.24) is 0 Å². The Labute approximate surface area is 56.2 Å². The zero-order valence-corrected chi connectivity index (χ0v) is 5.83. The first-order chi connectivity index (χ1) is 3.39. The largest absolute Gasteiger partial charge is 0.484 e. The lowest BCUT2D eigenvalue weighted by atomic mass is 10.5. The van der Waals surface area contributed by atoms with Crippen LogP contribution in [-0.2, 0) is 4.74 Å². The van der Waals surface area contributed by atoms with Crippen LogP contribution >= 0.6 is 22.6 Å². The predicted molar refractivity (Wildman–Crippen MR) is 37.2 cm³/mol. The number of allylic oxidation sites excluding steroid dienone is 2. The van der Waals surface area contributed by atoms with Gasteiger partial charge in [0, 0.05) is 0 Å². The summed E-state index contributed by atoms with van der Waals surface area (Å²) in [5.41, 5.74) is 0. The van der Waals surface area contributed by atoms with Gasteiger partial charge in [-0.15, -0.1) is 0 Å². The van der Waals surface area contributed by atoms with Crippen molar-refractivity contribution in [1.29, 1.82) is 0 Å². The molecule has 0 aromatic rings. The molecule has 1 rings (SSSR count). The first kappa shape index (κ1) is 5.15. The van der Waals surface area contributed by atoms with Gasteiger partial charge in [-0.05, 0) is 34.7 Å². The van der Waals surface area contributed by atoms with Crippen LogP contribution in [0, 0.1) is 0 Å². The van der Waals surface area contributed by atoms with Crippen LogP contribution in [0.15, 0.2) is 24.5 Å². The summed E-state index contributed by atoms with van der Waals surface area (Å²) >= 11 is 2.20. The van der Waals surface area contributed by atoms with Crippen molar-refractivity contribution in [3.63, 3.8) is 0 Å². The fourth-order valence-corrected chi connectivity index (χ4v) is 0.772. The van der Waals surface area contributed by atoms with Gasteiger partial charge < -0.3 is 4.74 Å². The molecular weight excluding hydrogens is 203 g/mol. The summed E-state index contributed by atoms with van der Waals surface area (Å²) in [6, 6.07) is 0. The first-order valence-electron chi connectivity index (χ1n) is 2.02. The molecule has 0 fully saturated rings. The molecule has 0 saturated carbocycles. The first-order valence-corrected chi connectivity index (χ1v) is 3.27. The van der Waals surface area contributed by atoms with Crippen molar-refractivity contribution in [2.75, 3.05) is 0 Å². The van der Waals surface area contributed by atoms with E-state index in [4.69, 9.17) is 4.74 Å². The molecule has 0 aromatic heterocycles. The van der Waals surface area contributed by atoms with E-state index in [2.05, 4.69) is 22.6 Å². The summed E-state index contributed by atoms with van der Waals surface area (Å²) in [5.74, 6) is 0. The molecule has 1 aliphatic rings. The monoisotopic (exact) mass is 208 g/mol. The van der Waals surface area contributed by atoms with Crippen LogP contribution in [0.3, 0.4) is 0 Å². The lowest BCUT2D eigenvalue weighted by molar-refractivity contribution is 0.270. The van der Waals surface area contributed by atoms with Gasteiger partial charge in [0.05, 0.1) is 6.26 Å². The summed E-state index contributed by atoms with van der Waals surface area (Å²) in [6.45, 7) is 0. The molecule has 0 radical (unpaired) electrons. The average Bonchev–Trinajstić information content (AvgIpc) is 1.69. The smallest absolute Gasteiger partial charge is 0.166 e. The van der Waals surface area contributed by atoms with Gasteiger partial charge in [0.25, 0.3) is 0 Å². The third-order valence-electron chi connectivity index (χ3n) is 0.661. The Morgan fingerprint density at radius 2 is 2.29 bits per heavy atom. The summed E-state index contributed by atoms with van der Waals surface area (Å²) in [6.07, 6.45) is 7.52. The van der Waals surface area contributed by atoms with E-state index in [-0.39, 0.29) is 4.11 Å². The SMILES string of the molecule is IC1C=CC=CO1. The molecule has 1 nitrogen and oxygen atoms in total. The van der Waals surface area contributed by atoms with Crippen molar-refractivity contribution in [3.05, 3.63) is 24.5 Å². The van der Waals surface area contributed by atoms with Gasteiger partial charge in [0.1, 0.15) is 0 Å². The van der Waals surface area contributed by atoms with E-state index in [0.717, 1.165) is 0 Å². The summed E-state index contributed by atoms with van der Waals surface area (Å²) in [7, 11) is 0. The second kappa shape index (κ2) is 2.35. The Bertz CT molecular complexity index is 107. The molecule has 38 valence electrons. The molecule has 0 spiro atoms. The summed E-state index contributed by atoms with van der Waals surface area (Å²) < 4.78 is 5.24. The van der Waals surface area contributed by atoms with E-state index in [1.165, 1.54) is 0 Å². The van der Waals surface area contributed by atoms with Crippen molar-refractivity contribution >= 4 is 22.6 Å². The van der Waals surface area contributed by atoms with E-state index >= 15 is 0 Å². The summed E-state index contributed by atoms with van der Waals surface area (Å²) in [4.78, 5) is 0. The minimum Gasteiger partial charge on any atom is -0.484 e. The van der Waals surface area contributed by atoms with Gasteiger partial charge in [-0.3, -0.25) is 0 Å². The fourth-order valence-electron chi connectivity index (χ4n) is 0.363. The highest BCUT2D eigenvalue weighted by Crippen LogP contribution is 2.07. The molecular formula is C5H5IO. The van der Waals surface area contributed by atoms with Gasteiger partial charge in [-0.2, -0.15) is 0 Å². The number of hydrogen-bond acceptors (Lipinski definition) is 1. The quantitative estimate of drug-likeness (QED) is 0.436. The summed E-state index contributed by atoms with van der Waals surface area (Å²) in [5, 5.41) is 0. The molecule has 0 saturated heterocycles. The van der Waals surface area contributed by atoms with Crippen LogP contribution in [0.25, 0.3) is 0 Å². The Morgan fingerprint density at radius 3 is 2.57 bits per heavy atom. The zero-order chi connectivity index (χ0) is 5.11. The number of alkyl halides is 1. The normalized spacial score (nSPS) is 27.3. The molecule has 0 amide bonds. The highest BCUT2D eigenvalue weighted by molar-refractivity contribution is 14.1. The molecule has 0 bridgehead atoms. The Morgan fingerprint density at radius 1 is 1.43 bits per heavy atom. The highest BCUT2D eigenvalue weighted by Gasteiger charge is 1.94. The maximum absolute atomic E-state index is 5.00. The zero-order valence-electron chi connectivity index (χ0n) is 3.67. The van der Waals surface area contributed by atoms with Crippen LogP contribution in [0.1, 0.15) is 0 Å². The topological polar surface area (TPSA) is 9.23 Å². The van der Waals surface area contributed by atoms with E-state index in [1.54, 1.807) is 6.26 Å². The molecule has 1 atom stereocenters. The molecule has 0 aliphatic carbocycles. The standard InChI is InChI=1S/C5H5IO/c6-5-3-1-2-4-7-5/h1-5H. The second-order valence-electron chi connectivity index (χ2n) is 1.20. The number of halogens is 1. The lowest BCUT2D eigenvalue weighted by Gasteiger charge is -2.04. The molecule has 1 aliphatic heterocycles. The highest BCUT2D eigenvalue weighted by atomic mass is 127. The van der Waals surface area contributed by atoms with Crippen molar-refractivity contribution in [2.24, 2.45) is 0 Å². The molecule has 7 heavy (non-hydrogen) atoms. The average molecular weight is 208 g/mol. The van der Waals surface area contributed by atoms with E-state index in [0.29, 0.717) is 0 Å². The molecule has 0 aromatic carbocycles. The second-order valence-corrected chi connectivity index (χ2v) is 2.43. The molecule has 1 heterocycles. The van der Waals surface area contributed by atoms with Gasteiger partial charge in [0.15, 0.2) is 4.11 Å². The van der Waals surface area contributed by atoms with E-state index in [9.17, 15) is 0 Å². The lowest BCUT2D eigenvalue weighted by Crippen LogP contribution is -1.95. The van der Waals surface area contributed by atoms with Gasteiger partial charge in [0.2, 0.25) is 0 Å². The fraction of sp³-hybridized carbons (Fsp3) is 0.200. The van der Waals surface area contributed by atoms with Crippen LogP contribution in [0.4, 0.5) is 0 Å². The Hall–Kier alpha value is 0.01000. The van der Waals surface area contributed by atoms with Crippen LogP contribution in [-0.4, -0.2) is 4.11 Å².